The van der Waals surface area contributed by atoms with Crippen molar-refractivity contribution < 1.29 is 14.5 Å². The number of hydrogen-bond donors (Lipinski definition) is 2. The summed E-state index contributed by atoms with van der Waals surface area (Å²) in [5.74, 6) is -1.12. The van der Waals surface area contributed by atoms with Crippen molar-refractivity contribution in [3.05, 3.63) is 67.7 Å². The molecule has 0 fully saturated rings. The zero-order valence-corrected chi connectivity index (χ0v) is 15.4. The van der Waals surface area contributed by atoms with E-state index in [9.17, 15) is 19.7 Å². The van der Waals surface area contributed by atoms with E-state index in [1.165, 1.54) is 19.1 Å². The Morgan fingerprint density at radius 2 is 1.81 bits per heavy atom. The summed E-state index contributed by atoms with van der Waals surface area (Å²) >= 11 is 11.8. The van der Waals surface area contributed by atoms with Gasteiger partial charge in [0.05, 0.1) is 15.6 Å². The van der Waals surface area contributed by atoms with Crippen LogP contribution in [-0.2, 0) is 4.79 Å². The maximum absolute atomic E-state index is 12.2. The van der Waals surface area contributed by atoms with Gasteiger partial charge in [0.2, 0.25) is 5.91 Å². The third kappa shape index (κ3) is 4.71. The molecule has 0 heterocycles. The van der Waals surface area contributed by atoms with E-state index in [-0.39, 0.29) is 16.3 Å². The third-order valence-corrected chi connectivity index (χ3v) is 4.16. The van der Waals surface area contributed by atoms with Crippen molar-refractivity contribution in [2.45, 2.75) is 19.9 Å². The average Bonchev–Trinajstić information content (AvgIpc) is 2.57. The van der Waals surface area contributed by atoms with E-state index in [1.807, 2.05) is 6.92 Å². The molecule has 1 atom stereocenters. The molecule has 26 heavy (non-hydrogen) atoms. The van der Waals surface area contributed by atoms with Crippen molar-refractivity contribution >= 4 is 46.4 Å². The van der Waals surface area contributed by atoms with Gasteiger partial charge in [-0.1, -0.05) is 29.3 Å². The lowest BCUT2D eigenvalue weighted by atomic mass is 10.1. The van der Waals surface area contributed by atoms with Crippen LogP contribution in [0.3, 0.4) is 0 Å². The van der Waals surface area contributed by atoms with Gasteiger partial charge in [-0.3, -0.25) is 19.7 Å². The van der Waals surface area contributed by atoms with Crippen molar-refractivity contribution in [3.8, 4) is 0 Å². The van der Waals surface area contributed by atoms with Gasteiger partial charge >= 0.3 is 0 Å². The minimum absolute atomic E-state index is 0.0223. The van der Waals surface area contributed by atoms with Gasteiger partial charge in [0, 0.05) is 11.6 Å². The number of benzene rings is 2. The number of anilines is 1. The largest absolute Gasteiger partial charge is 0.341 e. The fourth-order valence-corrected chi connectivity index (χ4v) is 2.57. The van der Waals surface area contributed by atoms with Crippen LogP contribution in [0.15, 0.2) is 36.4 Å². The molecule has 136 valence electrons. The van der Waals surface area contributed by atoms with Gasteiger partial charge in [0.15, 0.2) is 0 Å². The first-order valence-electron chi connectivity index (χ1n) is 7.51. The summed E-state index contributed by atoms with van der Waals surface area (Å²) in [4.78, 5) is 34.7. The molecule has 2 rings (SSSR count). The zero-order valence-electron chi connectivity index (χ0n) is 13.9. The van der Waals surface area contributed by atoms with Gasteiger partial charge in [0.1, 0.15) is 11.1 Å². The second-order valence-corrected chi connectivity index (χ2v) is 6.41. The van der Waals surface area contributed by atoms with Crippen molar-refractivity contribution in [1.82, 2.24) is 5.32 Å². The fourth-order valence-electron chi connectivity index (χ4n) is 2.10. The lowest BCUT2D eigenvalue weighted by Crippen LogP contribution is -2.41. The summed E-state index contributed by atoms with van der Waals surface area (Å²) in [6.07, 6.45) is 0. The molecule has 0 spiro atoms. The standard InChI is InChI=1S/C17H15Cl2N3O4/c1-9-3-6-14(13(19)7-9)21-16(23)10(2)20-17(24)11-4-5-12(18)15(8-11)22(25)26/h3-8,10H,1-2H3,(H,20,24)(H,21,23)/t10-/m0/s1. The minimum Gasteiger partial charge on any atom is -0.341 e. The molecule has 0 aliphatic rings. The Labute approximate surface area is 159 Å². The maximum atomic E-state index is 12.2. The molecule has 0 aliphatic carbocycles. The number of nitrogens with one attached hydrogen (secondary N) is 2. The second kappa shape index (κ2) is 8.16. The Morgan fingerprint density at radius 3 is 2.42 bits per heavy atom. The van der Waals surface area contributed by atoms with Gasteiger partial charge in [-0.15, -0.1) is 0 Å². The Balaban J connectivity index is 2.07. The predicted molar refractivity (Wildman–Crippen MR) is 99.9 cm³/mol. The number of nitro groups is 1. The van der Waals surface area contributed by atoms with E-state index in [2.05, 4.69) is 10.6 Å². The van der Waals surface area contributed by atoms with E-state index in [0.717, 1.165) is 11.6 Å². The number of amides is 2. The van der Waals surface area contributed by atoms with Crippen molar-refractivity contribution in [1.29, 1.82) is 0 Å². The van der Waals surface area contributed by atoms with Crippen LogP contribution in [0.5, 0.6) is 0 Å². The zero-order chi connectivity index (χ0) is 19.4. The molecule has 0 unspecified atom stereocenters. The molecule has 0 saturated heterocycles. The molecule has 0 radical (unpaired) electrons. The molecular formula is C17H15Cl2N3O4. The smallest absolute Gasteiger partial charge is 0.288 e. The van der Waals surface area contributed by atoms with Gasteiger partial charge in [-0.05, 0) is 43.7 Å². The Hall–Kier alpha value is -2.64. The highest BCUT2D eigenvalue weighted by molar-refractivity contribution is 6.34. The van der Waals surface area contributed by atoms with E-state index in [0.29, 0.717) is 10.7 Å². The highest BCUT2D eigenvalue weighted by Crippen LogP contribution is 2.25. The first-order valence-corrected chi connectivity index (χ1v) is 8.26. The second-order valence-electron chi connectivity index (χ2n) is 5.59. The molecule has 2 aromatic carbocycles. The minimum atomic E-state index is -0.894. The highest BCUT2D eigenvalue weighted by atomic mass is 35.5. The van der Waals surface area contributed by atoms with Gasteiger partial charge in [-0.25, -0.2) is 0 Å². The van der Waals surface area contributed by atoms with Crippen LogP contribution in [0.4, 0.5) is 11.4 Å². The summed E-state index contributed by atoms with van der Waals surface area (Å²) < 4.78 is 0. The molecule has 2 N–H and O–H groups in total. The van der Waals surface area contributed by atoms with Crippen LogP contribution in [0, 0.1) is 17.0 Å². The molecule has 7 nitrogen and oxygen atoms in total. The quantitative estimate of drug-likeness (QED) is 0.590. The van der Waals surface area contributed by atoms with Gasteiger partial charge in [0.25, 0.3) is 11.6 Å². The van der Waals surface area contributed by atoms with E-state index >= 15 is 0 Å². The molecule has 9 heteroatoms. The van der Waals surface area contributed by atoms with Crippen LogP contribution in [0.2, 0.25) is 10.0 Å². The molecule has 0 aromatic heterocycles. The van der Waals surface area contributed by atoms with Crippen molar-refractivity contribution in [2.24, 2.45) is 0 Å². The molecule has 0 aliphatic heterocycles. The number of nitro benzene ring substituents is 1. The van der Waals surface area contributed by atoms with Gasteiger partial charge in [-0.2, -0.15) is 0 Å². The number of aryl methyl sites for hydroxylation is 1. The average molecular weight is 396 g/mol. The topological polar surface area (TPSA) is 101 Å². The van der Waals surface area contributed by atoms with E-state index in [1.54, 1.807) is 18.2 Å². The summed E-state index contributed by atoms with van der Waals surface area (Å²) in [7, 11) is 0. The number of nitrogens with zero attached hydrogens (tertiary/aromatic N) is 1. The first kappa shape index (κ1) is 19.7. The van der Waals surface area contributed by atoms with E-state index < -0.39 is 22.8 Å². The third-order valence-electron chi connectivity index (χ3n) is 3.53. The molecule has 0 saturated carbocycles. The van der Waals surface area contributed by atoms with Crippen LogP contribution in [0.25, 0.3) is 0 Å². The fraction of sp³-hybridized carbons (Fsp3) is 0.176. The Kier molecular flexibility index (Phi) is 6.18. The van der Waals surface area contributed by atoms with Crippen LogP contribution < -0.4 is 10.6 Å². The number of halogens is 2. The number of hydrogen-bond acceptors (Lipinski definition) is 4. The van der Waals surface area contributed by atoms with Crippen molar-refractivity contribution in [2.75, 3.05) is 5.32 Å². The molecule has 2 aromatic rings. The summed E-state index contributed by atoms with van der Waals surface area (Å²) in [5, 5.41) is 16.3. The normalized spacial score (nSPS) is 11.5. The Bertz CT molecular complexity index is 886. The lowest BCUT2D eigenvalue weighted by molar-refractivity contribution is -0.384. The predicted octanol–water partition coefficient (Wildman–Crippen LogP) is 3.97. The number of carbonyl (C=O) groups excluding carboxylic acids is 2. The van der Waals surface area contributed by atoms with E-state index in [4.69, 9.17) is 23.2 Å². The highest BCUT2D eigenvalue weighted by Gasteiger charge is 2.20. The van der Waals surface area contributed by atoms with Crippen LogP contribution >= 0.6 is 23.2 Å². The summed E-state index contributed by atoms with van der Waals surface area (Å²) in [5.41, 5.74) is 1.00. The lowest BCUT2D eigenvalue weighted by Gasteiger charge is -2.15. The Morgan fingerprint density at radius 1 is 1.12 bits per heavy atom. The maximum Gasteiger partial charge on any atom is 0.288 e. The summed E-state index contributed by atoms with van der Waals surface area (Å²) in [6.45, 7) is 3.35. The SMILES string of the molecule is Cc1ccc(NC(=O)[C@H](C)NC(=O)c2ccc(Cl)c([N+](=O)[O-])c2)c(Cl)c1. The molecule has 2 amide bonds. The van der Waals surface area contributed by atoms with Crippen LogP contribution in [0.1, 0.15) is 22.8 Å². The molecule has 0 bridgehead atoms. The monoisotopic (exact) mass is 395 g/mol. The van der Waals surface area contributed by atoms with Gasteiger partial charge < -0.3 is 10.6 Å². The summed E-state index contributed by atoms with van der Waals surface area (Å²) in [6, 6.07) is 7.91. The number of rotatable bonds is 5. The molecular weight excluding hydrogens is 381 g/mol. The van der Waals surface area contributed by atoms with Crippen molar-refractivity contribution in [3.63, 3.8) is 0 Å². The van der Waals surface area contributed by atoms with Crippen LogP contribution in [-0.4, -0.2) is 22.8 Å². The first-order chi connectivity index (χ1) is 12.2. The number of carbonyl (C=O) groups is 2.